The summed E-state index contributed by atoms with van der Waals surface area (Å²) in [6.07, 6.45) is 2.71. The molecular formula is C15H21N3O. The summed E-state index contributed by atoms with van der Waals surface area (Å²) < 4.78 is 0. The molecule has 2 unspecified atom stereocenters. The quantitative estimate of drug-likeness (QED) is 0.824. The van der Waals surface area contributed by atoms with Crippen LogP contribution in [-0.4, -0.2) is 11.9 Å². The normalized spacial score (nSPS) is 13.4. The van der Waals surface area contributed by atoms with Gasteiger partial charge in [0.05, 0.1) is 11.6 Å². The van der Waals surface area contributed by atoms with Crippen LogP contribution in [-0.2, 0) is 4.79 Å². The van der Waals surface area contributed by atoms with Gasteiger partial charge in [-0.15, -0.1) is 0 Å². The number of hydrogen-bond donors (Lipinski definition) is 2. The molecule has 1 rings (SSSR count). The fraction of sp³-hybridized carbons (Fsp3) is 0.467. The van der Waals surface area contributed by atoms with Crippen molar-refractivity contribution in [3.8, 4) is 6.07 Å². The van der Waals surface area contributed by atoms with Crippen LogP contribution in [0.25, 0.3) is 0 Å². The summed E-state index contributed by atoms with van der Waals surface area (Å²) >= 11 is 0. The van der Waals surface area contributed by atoms with Crippen molar-refractivity contribution in [1.29, 1.82) is 5.26 Å². The van der Waals surface area contributed by atoms with E-state index in [-0.39, 0.29) is 17.9 Å². The Hall–Kier alpha value is -1.86. The molecule has 1 aromatic rings. The lowest BCUT2D eigenvalue weighted by Crippen LogP contribution is -2.21. The van der Waals surface area contributed by atoms with Crippen LogP contribution in [0.5, 0.6) is 0 Å². The lowest BCUT2D eigenvalue weighted by atomic mass is 10.0. The Morgan fingerprint density at radius 2 is 2.16 bits per heavy atom. The van der Waals surface area contributed by atoms with E-state index in [0.717, 1.165) is 19.3 Å². The first-order chi connectivity index (χ1) is 9.02. The smallest absolute Gasteiger partial charge is 0.227 e. The summed E-state index contributed by atoms with van der Waals surface area (Å²) in [5.41, 5.74) is 6.89. The molecule has 0 aromatic heterocycles. The van der Waals surface area contributed by atoms with Crippen LogP contribution in [0.2, 0.25) is 0 Å². The molecular weight excluding hydrogens is 238 g/mol. The average molecular weight is 259 g/mol. The third-order valence-electron chi connectivity index (χ3n) is 3.00. The maximum absolute atomic E-state index is 12.0. The van der Waals surface area contributed by atoms with E-state index < -0.39 is 0 Å². The fourth-order valence-electron chi connectivity index (χ4n) is 1.81. The van der Waals surface area contributed by atoms with Crippen molar-refractivity contribution < 1.29 is 4.79 Å². The Balaban J connectivity index is 2.47. The number of benzene rings is 1. The molecule has 1 amide bonds. The van der Waals surface area contributed by atoms with Gasteiger partial charge in [-0.1, -0.05) is 19.4 Å². The van der Waals surface area contributed by atoms with Crippen LogP contribution < -0.4 is 11.1 Å². The van der Waals surface area contributed by atoms with E-state index >= 15 is 0 Å². The number of amides is 1. The Morgan fingerprint density at radius 3 is 2.79 bits per heavy atom. The zero-order valence-corrected chi connectivity index (χ0v) is 11.5. The van der Waals surface area contributed by atoms with Gasteiger partial charge >= 0.3 is 0 Å². The van der Waals surface area contributed by atoms with Crippen molar-refractivity contribution in [3.63, 3.8) is 0 Å². The molecule has 102 valence electrons. The molecule has 0 aliphatic heterocycles. The molecule has 0 saturated heterocycles. The summed E-state index contributed by atoms with van der Waals surface area (Å²) in [5, 5.41) is 11.6. The van der Waals surface area contributed by atoms with E-state index in [1.165, 1.54) is 0 Å². The van der Waals surface area contributed by atoms with E-state index in [1.54, 1.807) is 24.3 Å². The average Bonchev–Trinajstić information content (AvgIpc) is 2.38. The lowest BCUT2D eigenvalue weighted by molar-refractivity contribution is -0.119. The Labute approximate surface area is 114 Å². The highest BCUT2D eigenvalue weighted by molar-refractivity contribution is 5.92. The molecule has 2 atom stereocenters. The summed E-state index contributed by atoms with van der Waals surface area (Å²) in [5.74, 6) is -0.0655. The number of hydrogen-bond acceptors (Lipinski definition) is 3. The maximum atomic E-state index is 12.0. The highest BCUT2D eigenvalue weighted by atomic mass is 16.1. The zero-order valence-electron chi connectivity index (χ0n) is 11.5. The van der Waals surface area contributed by atoms with Crippen molar-refractivity contribution in [2.24, 2.45) is 11.7 Å². The molecule has 0 aliphatic rings. The molecule has 3 N–H and O–H groups in total. The van der Waals surface area contributed by atoms with Crippen molar-refractivity contribution >= 4 is 11.6 Å². The first kappa shape index (κ1) is 15.2. The van der Waals surface area contributed by atoms with Crippen molar-refractivity contribution in [2.75, 3.05) is 5.32 Å². The molecule has 0 radical (unpaired) electrons. The van der Waals surface area contributed by atoms with Crippen molar-refractivity contribution in [1.82, 2.24) is 0 Å². The minimum absolute atomic E-state index is 0.0141. The summed E-state index contributed by atoms with van der Waals surface area (Å²) in [7, 11) is 0. The van der Waals surface area contributed by atoms with Crippen LogP contribution in [0, 0.1) is 17.2 Å². The summed E-state index contributed by atoms with van der Waals surface area (Å²) in [6.45, 7) is 3.88. The first-order valence-electron chi connectivity index (χ1n) is 6.59. The monoisotopic (exact) mass is 259 g/mol. The molecule has 0 heterocycles. The second-order valence-electron chi connectivity index (χ2n) is 4.99. The third kappa shape index (κ3) is 5.54. The standard InChI is InChI=1S/C15H21N3O/c1-11(5-3-6-12(2)17)15(19)18-14-8-4-7-13(9-14)10-16/h4,7-9,11-12H,3,5-6,17H2,1-2H3,(H,18,19). The number of nitrogens with one attached hydrogen (secondary N) is 1. The molecule has 0 spiro atoms. The van der Waals surface area contributed by atoms with Gasteiger partial charge in [0.2, 0.25) is 5.91 Å². The van der Waals surface area contributed by atoms with Gasteiger partial charge in [0.1, 0.15) is 0 Å². The van der Waals surface area contributed by atoms with Crippen LogP contribution >= 0.6 is 0 Å². The number of carbonyl (C=O) groups is 1. The SMILES string of the molecule is CC(N)CCCC(C)C(=O)Nc1cccc(C#N)c1. The van der Waals surface area contributed by atoms with E-state index in [4.69, 9.17) is 11.0 Å². The Kier molecular flexibility index (Phi) is 6.04. The summed E-state index contributed by atoms with van der Waals surface area (Å²) in [4.78, 5) is 12.0. The molecule has 4 nitrogen and oxygen atoms in total. The Bertz CT molecular complexity index is 463. The second kappa shape index (κ2) is 7.55. The van der Waals surface area contributed by atoms with Gasteiger partial charge < -0.3 is 11.1 Å². The molecule has 1 aromatic carbocycles. The molecule has 0 aliphatic carbocycles. The van der Waals surface area contributed by atoms with Gasteiger partial charge in [-0.2, -0.15) is 5.26 Å². The highest BCUT2D eigenvalue weighted by Crippen LogP contribution is 2.14. The molecule has 0 bridgehead atoms. The predicted octanol–water partition coefficient (Wildman–Crippen LogP) is 2.65. The van der Waals surface area contributed by atoms with Crippen molar-refractivity contribution in [3.05, 3.63) is 29.8 Å². The zero-order chi connectivity index (χ0) is 14.3. The fourth-order valence-corrected chi connectivity index (χ4v) is 1.81. The third-order valence-corrected chi connectivity index (χ3v) is 3.00. The predicted molar refractivity (Wildman–Crippen MR) is 76.5 cm³/mol. The van der Waals surface area contributed by atoms with Gasteiger partial charge in [0.15, 0.2) is 0 Å². The Morgan fingerprint density at radius 1 is 1.42 bits per heavy atom. The van der Waals surface area contributed by atoms with Gasteiger partial charge in [-0.25, -0.2) is 0 Å². The number of nitriles is 1. The number of anilines is 1. The van der Waals surface area contributed by atoms with Crippen LogP contribution in [0.3, 0.4) is 0 Å². The number of carbonyl (C=O) groups excluding carboxylic acids is 1. The van der Waals surface area contributed by atoms with Crippen LogP contribution in [0.4, 0.5) is 5.69 Å². The molecule has 0 fully saturated rings. The van der Waals surface area contributed by atoms with Gasteiger partial charge in [0, 0.05) is 17.6 Å². The van der Waals surface area contributed by atoms with E-state index in [9.17, 15) is 4.79 Å². The minimum Gasteiger partial charge on any atom is -0.328 e. The second-order valence-corrected chi connectivity index (χ2v) is 4.99. The lowest BCUT2D eigenvalue weighted by Gasteiger charge is -2.13. The van der Waals surface area contributed by atoms with Crippen LogP contribution in [0.15, 0.2) is 24.3 Å². The summed E-state index contributed by atoms with van der Waals surface area (Å²) in [6, 6.07) is 9.16. The number of nitrogens with two attached hydrogens (primary N) is 1. The molecule has 4 heteroatoms. The van der Waals surface area contributed by atoms with Gasteiger partial charge in [0.25, 0.3) is 0 Å². The number of nitrogens with zero attached hydrogens (tertiary/aromatic N) is 1. The number of rotatable bonds is 6. The first-order valence-corrected chi connectivity index (χ1v) is 6.59. The largest absolute Gasteiger partial charge is 0.328 e. The highest BCUT2D eigenvalue weighted by Gasteiger charge is 2.13. The van der Waals surface area contributed by atoms with Gasteiger partial charge in [-0.3, -0.25) is 4.79 Å². The minimum atomic E-state index is -0.0514. The maximum Gasteiger partial charge on any atom is 0.227 e. The van der Waals surface area contributed by atoms with Crippen molar-refractivity contribution in [2.45, 2.75) is 39.2 Å². The topological polar surface area (TPSA) is 78.9 Å². The van der Waals surface area contributed by atoms with Crippen LogP contribution in [0.1, 0.15) is 38.7 Å². The molecule has 19 heavy (non-hydrogen) atoms. The van der Waals surface area contributed by atoms with Gasteiger partial charge in [-0.05, 0) is 38.0 Å². The van der Waals surface area contributed by atoms with E-state index in [0.29, 0.717) is 11.3 Å². The van der Waals surface area contributed by atoms with E-state index in [1.807, 2.05) is 13.8 Å². The molecule has 0 saturated carbocycles. The van der Waals surface area contributed by atoms with E-state index in [2.05, 4.69) is 11.4 Å².